The van der Waals surface area contributed by atoms with E-state index in [1.165, 1.54) is 6.07 Å². The second-order valence-corrected chi connectivity index (χ2v) is 6.09. The average molecular weight is 351 g/mol. The van der Waals surface area contributed by atoms with Crippen LogP contribution in [0.25, 0.3) is 11.0 Å². The quantitative estimate of drug-likeness (QED) is 0.692. The van der Waals surface area contributed by atoms with Crippen LogP contribution in [0.1, 0.15) is 23.6 Å². The molecule has 5 nitrogen and oxygen atoms in total. The van der Waals surface area contributed by atoms with Gasteiger partial charge in [-0.25, -0.2) is 4.79 Å². The fourth-order valence-electron chi connectivity index (χ4n) is 2.79. The van der Waals surface area contributed by atoms with Gasteiger partial charge in [0.1, 0.15) is 11.3 Å². The lowest BCUT2D eigenvalue weighted by Crippen LogP contribution is -2.28. The molecule has 1 heterocycles. The van der Waals surface area contributed by atoms with Crippen LogP contribution in [0.5, 0.6) is 5.75 Å². The molecule has 0 spiro atoms. The van der Waals surface area contributed by atoms with Gasteiger partial charge in [-0.15, -0.1) is 0 Å². The van der Waals surface area contributed by atoms with Gasteiger partial charge in [-0.1, -0.05) is 31.2 Å². The normalized spacial score (nSPS) is 10.7. The Labute approximate surface area is 151 Å². The van der Waals surface area contributed by atoms with Crippen LogP contribution in [0.2, 0.25) is 0 Å². The second-order valence-electron chi connectivity index (χ2n) is 6.09. The highest BCUT2D eigenvalue weighted by molar-refractivity contribution is 5.82. The van der Waals surface area contributed by atoms with Crippen LogP contribution in [-0.2, 0) is 17.8 Å². The predicted octanol–water partition coefficient (Wildman–Crippen LogP) is 3.36. The van der Waals surface area contributed by atoms with Crippen molar-refractivity contribution >= 4 is 16.9 Å². The van der Waals surface area contributed by atoms with Crippen LogP contribution in [0.3, 0.4) is 0 Å². The Bertz CT molecular complexity index is 991. The van der Waals surface area contributed by atoms with E-state index in [1.54, 1.807) is 12.1 Å². The first kappa shape index (κ1) is 17.7. The van der Waals surface area contributed by atoms with Crippen LogP contribution >= 0.6 is 0 Å². The molecular weight excluding hydrogens is 330 g/mol. The Morgan fingerprint density at radius 1 is 1.12 bits per heavy atom. The predicted molar refractivity (Wildman–Crippen MR) is 100 cm³/mol. The minimum absolute atomic E-state index is 0.102. The summed E-state index contributed by atoms with van der Waals surface area (Å²) in [6.07, 6.45) is 0.740. The number of carbonyl (C=O) groups is 1. The van der Waals surface area contributed by atoms with Gasteiger partial charge in [-0.2, -0.15) is 0 Å². The largest absolute Gasteiger partial charge is 0.484 e. The zero-order valence-corrected chi connectivity index (χ0v) is 14.9. The third kappa shape index (κ3) is 4.11. The maximum Gasteiger partial charge on any atom is 0.336 e. The molecule has 0 saturated heterocycles. The summed E-state index contributed by atoms with van der Waals surface area (Å²) in [7, 11) is 0. The number of hydrogen-bond donors (Lipinski definition) is 1. The monoisotopic (exact) mass is 351 g/mol. The SMILES string of the molecule is CCc1cc(=O)oc2cc(OCC(=O)NCc3ccccc3C)ccc12. The van der Waals surface area contributed by atoms with Crippen molar-refractivity contribution in [2.75, 3.05) is 6.61 Å². The molecule has 0 unspecified atom stereocenters. The first-order valence-electron chi connectivity index (χ1n) is 8.57. The van der Waals surface area contributed by atoms with Crippen LogP contribution in [-0.4, -0.2) is 12.5 Å². The Morgan fingerprint density at radius 3 is 2.69 bits per heavy atom. The molecule has 0 saturated carbocycles. The Kier molecular flexibility index (Phi) is 5.37. The van der Waals surface area contributed by atoms with Gasteiger partial charge in [-0.05, 0) is 42.2 Å². The number of carbonyl (C=O) groups excluding carboxylic acids is 1. The maximum absolute atomic E-state index is 12.0. The summed E-state index contributed by atoms with van der Waals surface area (Å²) in [6.45, 7) is 4.35. The average Bonchev–Trinajstić information content (AvgIpc) is 2.64. The summed E-state index contributed by atoms with van der Waals surface area (Å²) in [5, 5.41) is 3.72. The van der Waals surface area contributed by atoms with Crippen molar-refractivity contribution in [3.05, 3.63) is 75.6 Å². The fraction of sp³-hybridized carbons (Fsp3) is 0.238. The van der Waals surface area contributed by atoms with Gasteiger partial charge in [0.15, 0.2) is 6.61 Å². The highest BCUT2D eigenvalue weighted by Crippen LogP contribution is 2.23. The van der Waals surface area contributed by atoms with E-state index in [9.17, 15) is 9.59 Å². The molecule has 0 atom stereocenters. The number of nitrogens with one attached hydrogen (secondary N) is 1. The summed E-state index contributed by atoms with van der Waals surface area (Å²) in [5.74, 6) is 0.275. The fourth-order valence-corrected chi connectivity index (χ4v) is 2.79. The van der Waals surface area contributed by atoms with Crippen molar-refractivity contribution in [2.24, 2.45) is 0 Å². The van der Waals surface area contributed by atoms with Crippen LogP contribution < -0.4 is 15.7 Å². The van der Waals surface area contributed by atoms with Gasteiger partial charge in [0, 0.05) is 24.1 Å². The van der Waals surface area contributed by atoms with E-state index in [2.05, 4.69) is 5.32 Å². The maximum atomic E-state index is 12.0. The summed E-state index contributed by atoms with van der Waals surface area (Å²) in [6, 6.07) is 14.7. The summed E-state index contributed by atoms with van der Waals surface area (Å²) in [5.41, 5.74) is 3.21. The van der Waals surface area contributed by atoms with Gasteiger partial charge in [0.25, 0.3) is 5.91 Å². The highest BCUT2D eigenvalue weighted by Gasteiger charge is 2.08. The van der Waals surface area contributed by atoms with E-state index in [4.69, 9.17) is 9.15 Å². The van der Waals surface area contributed by atoms with Crippen LogP contribution in [0.15, 0.2) is 57.7 Å². The topological polar surface area (TPSA) is 68.5 Å². The lowest BCUT2D eigenvalue weighted by molar-refractivity contribution is -0.123. The molecule has 3 rings (SSSR count). The first-order chi connectivity index (χ1) is 12.6. The number of fused-ring (bicyclic) bond motifs is 1. The number of rotatable bonds is 6. The lowest BCUT2D eigenvalue weighted by atomic mass is 10.1. The van der Waals surface area contributed by atoms with Crippen LogP contribution in [0.4, 0.5) is 0 Å². The van der Waals surface area contributed by atoms with E-state index in [1.807, 2.05) is 44.2 Å². The number of hydrogen-bond acceptors (Lipinski definition) is 4. The zero-order valence-electron chi connectivity index (χ0n) is 14.9. The minimum Gasteiger partial charge on any atom is -0.484 e. The number of amides is 1. The summed E-state index contributed by atoms with van der Waals surface area (Å²) < 4.78 is 10.8. The van der Waals surface area contributed by atoms with Gasteiger partial charge in [0.2, 0.25) is 0 Å². The molecule has 0 bridgehead atoms. The Morgan fingerprint density at radius 2 is 1.92 bits per heavy atom. The molecule has 0 aliphatic carbocycles. The van der Waals surface area contributed by atoms with Crippen molar-refractivity contribution in [3.63, 3.8) is 0 Å². The highest BCUT2D eigenvalue weighted by atomic mass is 16.5. The van der Waals surface area contributed by atoms with E-state index >= 15 is 0 Å². The molecule has 134 valence electrons. The van der Waals surface area contributed by atoms with Crippen molar-refractivity contribution in [1.82, 2.24) is 5.32 Å². The van der Waals surface area contributed by atoms with Gasteiger partial charge >= 0.3 is 5.63 Å². The smallest absolute Gasteiger partial charge is 0.336 e. The van der Waals surface area contributed by atoms with Gasteiger partial charge in [-0.3, -0.25) is 4.79 Å². The molecule has 26 heavy (non-hydrogen) atoms. The molecule has 2 aromatic carbocycles. The van der Waals surface area contributed by atoms with Gasteiger partial charge in [0.05, 0.1) is 0 Å². The molecule has 0 fully saturated rings. The molecule has 1 aromatic heterocycles. The molecule has 5 heteroatoms. The lowest BCUT2D eigenvalue weighted by Gasteiger charge is -2.10. The van der Waals surface area contributed by atoms with E-state index in [0.29, 0.717) is 17.9 Å². The van der Waals surface area contributed by atoms with E-state index in [0.717, 1.165) is 28.5 Å². The molecule has 0 aliphatic heterocycles. The van der Waals surface area contributed by atoms with Crippen molar-refractivity contribution in [3.8, 4) is 5.75 Å². The molecule has 0 aliphatic rings. The van der Waals surface area contributed by atoms with Crippen molar-refractivity contribution in [1.29, 1.82) is 0 Å². The van der Waals surface area contributed by atoms with Crippen LogP contribution in [0, 0.1) is 6.92 Å². The molecule has 1 amide bonds. The molecule has 3 aromatic rings. The Balaban J connectivity index is 1.63. The van der Waals surface area contributed by atoms with Crippen molar-refractivity contribution in [2.45, 2.75) is 26.8 Å². The van der Waals surface area contributed by atoms with Crippen molar-refractivity contribution < 1.29 is 13.9 Å². The minimum atomic E-state index is -0.387. The summed E-state index contributed by atoms with van der Waals surface area (Å²) in [4.78, 5) is 23.6. The van der Waals surface area contributed by atoms with E-state index in [-0.39, 0.29) is 18.1 Å². The standard InChI is InChI=1S/C21H21NO4/c1-3-15-10-21(24)26-19-11-17(8-9-18(15)19)25-13-20(23)22-12-16-7-5-4-6-14(16)2/h4-11H,3,12-13H2,1-2H3,(H,22,23). The molecular formula is C21H21NO4. The second kappa shape index (κ2) is 7.87. The number of benzene rings is 2. The van der Waals surface area contributed by atoms with Gasteiger partial charge < -0.3 is 14.5 Å². The first-order valence-corrected chi connectivity index (χ1v) is 8.57. The molecule has 1 N–H and O–H groups in total. The third-order valence-electron chi connectivity index (χ3n) is 4.29. The number of aryl methyl sites for hydroxylation is 2. The van der Waals surface area contributed by atoms with E-state index < -0.39 is 0 Å². The zero-order chi connectivity index (χ0) is 18.5. The molecule has 0 radical (unpaired) electrons. The third-order valence-corrected chi connectivity index (χ3v) is 4.29. The Hall–Kier alpha value is -3.08. The summed E-state index contributed by atoms with van der Waals surface area (Å²) >= 11 is 0. The number of ether oxygens (including phenoxy) is 1.